The average Bonchev–Trinajstić information content (AvgIpc) is 2.90. The molecule has 0 radical (unpaired) electrons. The number of pyridine rings is 1. The standard InChI is InChI=1S/C26H34N4O5/c1-29(18-25(31)30-14-7-4-8-15-30)26(32)20-34-24-12-11-22(17-27-24)23(13-16-33-2)28-35-19-21-9-5-3-6-10-21/h3,5-6,9-12,17H,4,7-8,13-16,18-20H2,1-2H3/b28-23-. The Labute approximate surface area is 206 Å². The van der Waals surface area contributed by atoms with E-state index in [1.807, 2.05) is 41.3 Å². The summed E-state index contributed by atoms with van der Waals surface area (Å²) in [6.45, 7) is 2.24. The summed E-state index contributed by atoms with van der Waals surface area (Å²) in [5.41, 5.74) is 2.50. The van der Waals surface area contributed by atoms with E-state index in [0.29, 0.717) is 31.2 Å². The molecule has 0 unspecified atom stereocenters. The molecule has 2 heterocycles. The van der Waals surface area contributed by atoms with Gasteiger partial charge < -0.3 is 24.1 Å². The van der Waals surface area contributed by atoms with Gasteiger partial charge in [-0.3, -0.25) is 9.59 Å². The van der Waals surface area contributed by atoms with Gasteiger partial charge in [0.05, 0.1) is 18.9 Å². The Kier molecular flexibility index (Phi) is 10.5. The van der Waals surface area contributed by atoms with Crippen LogP contribution in [0.1, 0.15) is 36.8 Å². The molecule has 1 aromatic heterocycles. The summed E-state index contributed by atoms with van der Waals surface area (Å²) >= 11 is 0. The minimum absolute atomic E-state index is 0.0274. The van der Waals surface area contributed by atoms with Gasteiger partial charge in [0.1, 0.15) is 6.61 Å². The van der Waals surface area contributed by atoms with Crippen molar-refractivity contribution in [1.82, 2.24) is 14.8 Å². The summed E-state index contributed by atoms with van der Waals surface area (Å²) in [6, 6.07) is 13.3. The minimum atomic E-state index is -0.280. The molecule has 9 heteroatoms. The highest BCUT2D eigenvalue weighted by molar-refractivity contribution is 6.00. The smallest absolute Gasteiger partial charge is 0.260 e. The second-order valence-corrected chi connectivity index (χ2v) is 8.40. The van der Waals surface area contributed by atoms with E-state index in [-0.39, 0.29) is 25.0 Å². The van der Waals surface area contributed by atoms with Crippen molar-refractivity contribution in [3.63, 3.8) is 0 Å². The number of hydrogen-bond acceptors (Lipinski definition) is 7. The van der Waals surface area contributed by atoms with E-state index < -0.39 is 0 Å². The van der Waals surface area contributed by atoms with Gasteiger partial charge >= 0.3 is 0 Å². The van der Waals surface area contributed by atoms with Crippen LogP contribution in [0.25, 0.3) is 0 Å². The highest BCUT2D eigenvalue weighted by atomic mass is 16.6. The number of aromatic nitrogens is 1. The van der Waals surface area contributed by atoms with E-state index in [2.05, 4.69) is 10.1 Å². The van der Waals surface area contributed by atoms with Gasteiger partial charge in [-0.1, -0.05) is 35.5 Å². The quantitative estimate of drug-likeness (QED) is 0.341. The first-order chi connectivity index (χ1) is 17.1. The maximum absolute atomic E-state index is 12.4. The fourth-order valence-corrected chi connectivity index (χ4v) is 3.62. The summed E-state index contributed by atoms with van der Waals surface area (Å²) in [5.74, 6) is 0.00688. The van der Waals surface area contributed by atoms with E-state index in [9.17, 15) is 9.59 Å². The molecule has 0 spiro atoms. The number of benzene rings is 1. The van der Waals surface area contributed by atoms with Crippen molar-refractivity contribution in [2.75, 3.05) is 47.0 Å². The van der Waals surface area contributed by atoms with Gasteiger partial charge in [0.15, 0.2) is 6.61 Å². The van der Waals surface area contributed by atoms with Crippen molar-refractivity contribution < 1.29 is 23.9 Å². The number of oxime groups is 1. The number of piperidine rings is 1. The molecule has 1 saturated heterocycles. The maximum atomic E-state index is 12.4. The lowest BCUT2D eigenvalue weighted by Crippen LogP contribution is -2.44. The third-order valence-electron chi connectivity index (χ3n) is 5.71. The Morgan fingerprint density at radius 2 is 1.86 bits per heavy atom. The Balaban J connectivity index is 1.50. The molecule has 0 aliphatic carbocycles. The molecule has 3 rings (SSSR count). The molecule has 9 nitrogen and oxygen atoms in total. The van der Waals surface area contributed by atoms with Gasteiger partial charge in [0.25, 0.3) is 5.91 Å². The van der Waals surface area contributed by atoms with Crippen LogP contribution in [0.2, 0.25) is 0 Å². The number of hydrogen-bond donors (Lipinski definition) is 0. The first-order valence-corrected chi connectivity index (χ1v) is 11.9. The summed E-state index contributed by atoms with van der Waals surface area (Å²) < 4.78 is 10.7. The second kappa shape index (κ2) is 14.1. The largest absolute Gasteiger partial charge is 0.468 e. The monoisotopic (exact) mass is 482 g/mol. The van der Waals surface area contributed by atoms with Crippen LogP contribution in [-0.2, 0) is 25.8 Å². The zero-order valence-electron chi connectivity index (χ0n) is 20.5. The number of carbonyl (C=O) groups is 2. The molecule has 2 amide bonds. The average molecular weight is 483 g/mol. The van der Waals surface area contributed by atoms with Crippen LogP contribution in [0.15, 0.2) is 53.8 Å². The van der Waals surface area contributed by atoms with Crippen molar-refractivity contribution >= 4 is 17.5 Å². The number of likely N-dealkylation sites (N-methyl/N-ethyl adjacent to an activating group) is 1. The number of ether oxygens (including phenoxy) is 2. The molecule has 2 aromatic rings. The van der Waals surface area contributed by atoms with Crippen LogP contribution in [0.3, 0.4) is 0 Å². The second-order valence-electron chi connectivity index (χ2n) is 8.40. The lowest BCUT2D eigenvalue weighted by atomic mass is 10.1. The van der Waals surface area contributed by atoms with Gasteiger partial charge in [-0.25, -0.2) is 4.98 Å². The molecule has 1 aromatic carbocycles. The Morgan fingerprint density at radius 1 is 1.09 bits per heavy atom. The SMILES string of the molecule is COCC/C(=N/OCc1ccccc1)c1ccc(OCC(=O)N(C)CC(=O)N2CCCCC2)nc1. The predicted octanol–water partition coefficient (Wildman–Crippen LogP) is 2.89. The summed E-state index contributed by atoms with van der Waals surface area (Å²) in [5, 5.41) is 4.28. The van der Waals surface area contributed by atoms with Crippen LogP contribution < -0.4 is 4.74 Å². The molecular weight excluding hydrogens is 448 g/mol. The number of rotatable bonds is 12. The maximum Gasteiger partial charge on any atom is 0.260 e. The summed E-state index contributed by atoms with van der Waals surface area (Å²) in [6.07, 6.45) is 5.38. The molecule has 188 valence electrons. The molecule has 1 fully saturated rings. The van der Waals surface area contributed by atoms with E-state index in [4.69, 9.17) is 14.3 Å². The first kappa shape index (κ1) is 26.2. The summed E-state index contributed by atoms with van der Waals surface area (Å²) in [4.78, 5) is 37.8. The zero-order valence-corrected chi connectivity index (χ0v) is 20.5. The zero-order chi connectivity index (χ0) is 24.9. The van der Waals surface area contributed by atoms with Gasteiger partial charge in [-0.15, -0.1) is 0 Å². The topological polar surface area (TPSA) is 93.6 Å². The van der Waals surface area contributed by atoms with Crippen molar-refractivity contribution in [2.45, 2.75) is 32.3 Å². The molecule has 1 aliphatic rings. The van der Waals surface area contributed by atoms with E-state index >= 15 is 0 Å². The van der Waals surface area contributed by atoms with Crippen LogP contribution in [0.4, 0.5) is 0 Å². The van der Waals surface area contributed by atoms with Crippen molar-refractivity contribution in [3.8, 4) is 5.88 Å². The third kappa shape index (κ3) is 8.68. The fourth-order valence-electron chi connectivity index (χ4n) is 3.62. The van der Waals surface area contributed by atoms with Crippen molar-refractivity contribution in [3.05, 3.63) is 59.8 Å². The lowest BCUT2D eigenvalue weighted by Gasteiger charge is -2.28. The third-order valence-corrected chi connectivity index (χ3v) is 5.71. The molecule has 35 heavy (non-hydrogen) atoms. The first-order valence-electron chi connectivity index (χ1n) is 11.9. The van der Waals surface area contributed by atoms with Crippen LogP contribution in [0.5, 0.6) is 5.88 Å². The Hall–Kier alpha value is -3.46. The number of amides is 2. The number of likely N-dealkylation sites (tertiary alicyclic amines) is 1. The van der Waals surface area contributed by atoms with Gasteiger partial charge in [0, 0.05) is 51.5 Å². The number of nitrogens with zero attached hydrogens (tertiary/aromatic N) is 4. The molecule has 0 saturated carbocycles. The van der Waals surface area contributed by atoms with E-state index in [1.54, 1.807) is 26.4 Å². The molecule has 1 aliphatic heterocycles. The Bertz CT molecular complexity index is 959. The van der Waals surface area contributed by atoms with Crippen molar-refractivity contribution in [2.24, 2.45) is 5.16 Å². The van der Waals surface area contributed by atoms with E-state index in [0.717, 1.165) is 43.5 Å². The van der Waals surface area contributed by atoms with Crippen LogP contribution in [0, 0.1) is 0 Å². The van der Waals surface area contributed by atoms with Crippen molar-refractivity contribution in [1.29, 1.82) is 0 Å². The predicted molar refractivity (Wildman–Crippen MR) is 132 cm³/mol. The number of carbonyl (C=O) groups excluding carboxylic acids is 2. The molecular formula is C26H34N4O5. The lowest BCUT2D eigenvalue weighted by molar-refractivity contribution is -0.141. The van der Waals surface area contributed by atoms with Crippen LogP contribution >= 0.6 is 0 Å². The number of methoxy groups -OCH3 is 1. The van der Waals surface area contributed by atoms with Crippen LogP contribution in [-0.4, -0.2) is 79.3 Å². The van der Waals surface area contributed by atoms with Gasteiger partial charge in [0.2, 0.25) is 11.8 Å². The minimum Gasteiger partial charge on any atom is -0.468 e. The van der Waals surface area contributed by atoms with E-state index in [1.165, 1.54) is 4.90 Å². The highest BCUT2D eigenvalue weighted by Gasteiger charge is 2.20. The highest BCUT2D eigenvalue weighted by Crippen LogP contribution is 2.12. The Morgan fingerprint density at radius 3 is 2.54 bits per heavy atom. The molecule has 0 N–H and O–H groups in total. The molecule has 0 bridgehead atoms. The van der Waals surface area contributed by atoms with Gasteiger partial charge in [-0.05, 0) is 30.9 Å². The van der Waals surface area contributed by atoms with Gasteiger partial charge in [-0.2, -0.15) is 0 Å². The normalized spacial score (nSPS) is 13.9. The molecule has 0 atom stereocenters. The summed E-state index contributed by atoms with van der Waals surface area (Å²) in [7, 11) is 3.24. The fraction of sp³-hybridized carbons (Fsp3) is 0.462.